The Hall–Kier alpha value is -5.10. The van der Waals surface area contributed by atoms with Crippen molar-refractivity contribution in [3.8, 4) is 22.8 Å². The number of carboxylic acids is 1. The Morgan fingerprint density at radius 3 is 2.53 bits per heavy atom. The standard InChI is InChI=1S/C32H25ClF3N3O6/c33-23-6-2-4-21(14-23)30(42)38-15-25-17-39(16-19-3-1-5-22(13-19)32(34,35)36)31(43)28-26(45-25)11-12-37-29(28)20-7-9-24(10-8-20)44-18-27(40)41/h1-14,25H,15-18H2,(H,38,42)(H,40,41). The summed E-state index contributed by atoms with van der Waals surface area (Å²) in [6.45, 7) is -0.823. The topological polar surface area (TPSA) is 118 Å². The van der Waals surface area contributed by atoms with Gasteiger partial charge in [0, 0.05) is 28.9 Å². The van der Waals surface area contributed by atoms with Crippen molar-refractivity contribution in [2.24, 2.45) is 0 Å². The monoisotopic (exact) mass is 639 g/mol. The second-order valence-corrected chi connectivity index (χ2v) is 10.5. The molecular weight excluding hydrogens is 615 g/mol. The third-order valence-electron chi connectivity index (χ3n) is 6.83. The second kappa shape index (κ2) is 13.3. The average Bonchev–Trinajstić information content (AvgIpc) is 3.14. The van der Waals surface area contributed by atoms with Crippen molar-refractivity contribution in [1.29, 1.82) is 0 Å². The summed E-state index contributed by atoms with van der Waals surface area (Å²) in [5.41, 5.74) is 0.506. The van der Waals surface area contributed by atoms with Gasteiger partial charge in [-0.25, -0.2) is 4.79 Å². The number of carbonyl (C=O) groups excluding carboxylic acids is 2. The zero-order chi connectivity index (χ0) is 32.1. The molecule has 45 heavy (non-hydrogen) atoms. The number of ether oxygens (including phenoxy) is 2. The smallest absolute Gasteiger partial charge is 0.416 e. The summed E-state index contributed by atoms with van der Waals surface area (Å²) in [6, 6.07) is 18.8. The number of aliphatic carboxylic acids is 1. The van der Waals surface area contributed by atoms with E-state index in [0.717, 1.165) is 12.1 Å². The van der Waals surface area contributed by atoms with Gasteiger partial charge in [-0.2, -0.15) is 13.2 Å². The normalized spacial score (nSPS) is 14.6. The van der Waals surface area contributed by atoms with Gasteiger partial charge in [0.2, 0.25) is 0 Å². The third kappa shape index (κ3) is 7.71. The summed E-state index contributed by atoms with van der Waals surface area (Å²) >= 11 is 6.01. The first-order chi connectivity index (χ1) is 21.5. The molecule has 2 N–H and O–H groups in total. The van der Waals surface area contributed by atoms with Crippen LogP contribution in [0.1, 0.15) is 31.8 Å². The molecule has 1 unspecified atom stereocenters. The second-order valence-electron chi connectivity index (χ2n) is 10.1. The largest absolute Gasteiger partial charge is 0.486 e. The van der Waals surface area contributed by atoms with Gasteiger partial charge in [0.05, 0.1) is 24.3 Å². The van der Waals surface area contributed by atoms with Crippen molar-refractivity contribution < 1.29 is 42.1 Å². The van der Waals surface area contributed by atoms with Crippen LogP contribution in [0.2, 0.25) is 5.02 Å². The number of benzene rings is 3. The van der Waals surface area contributed by atoms with Gasteiger partial charge in [0.25, 0.3) is 11.8 Å². The third-order valence-corrected chi connectivity index (χ3v) is 7.06. The predicted molar refractivity (Wildman–Crippen MR) is 157 cm³/mol. The molecule has 0 aliphatic carbocycles. The van der Waals surface area contributed by atoms with Crippen LogP contribution in [0.5, 0.6) is 11.5 Å². The van der Waals surface area contributed by atoms with Crippen molar-refractivity contribution >= 4 is 29.4 Å². The van der Waals surface area contributed by atoms with Gasteiger partial charge in [-0.05, 0) is 66.2 Å². The number of aromatic nitrogens is 1. The molecule has 1 aliphatic heterocycles. The Morgan fingerprint density at radius 2 is 1.82 bits per heavy atom. The molecule has 0 radical (unpaired) electrons. The van der Waals surface area contributed by atoms with Gasteiger partial charge >= 0.3 is 12.1 Å². The lowest BCUT2D eigenvalue weighted by molar-refractivity contribution is -0.139. The first kappa shape index (κ1) is 31.3. The Morgan fingerprint density at radius 1 is 1.07 bits per heavy atom. The van der Waals surface area contributed by atoms with Crippen LogP contribution in [-0.4, -0.2) is 58.6 Å². The number of pyridine rings is 1. The molecule has 9 nitrogen and oxygen atoms in total. The number of fused-ring (bicyclic) bond motifs is 1. The fourth-order valence-corrected chi connectivity index (χ4v) is 4.96. The van der Waals surface area contributed by atoms with E-state index in [-0.39, 0.29) is 48.0 Å². The number of hydrogen-bond acceptors (Lipinski definition) is 6. The molecule has 0 bridgehead atoms. The average molecular weight is 640 g/mol. The highest BCUT2D eigenvalue weighted by atomic mass is 35.5. The number of carboxylic acid groups (broad SMARTS) is 1. The van der Waals surface area contributed by atoms with E-state index in [2.05, 4.69) is 10.3 Å². The zero-order valence-electron chi connectivity index (χ0n) is 23.4. The van der Waals surface area contributed by atoms with Gasteiger partial charge < -0.3 is 24.8 Å². The Labute approximate surface area is 260 Å². The molecule has 0 saturated carbocycles. The molecule has 1 aliphatic rings. The first-order valence-electron chi connectivity index (χ1n) is 13.6. The summed E-state index contributed by atoms with van der Waals surface area (Å²) < 4.78 is 51.8. The maximum Gasteiger partial charge on any atom is 0.416 e. The van der Waals surface area contributed by atoms with Crippen LogP contribution in [0.3, 0.4) is 0 Å². The fraction of sp³-hybridized carbons (Fsp3) is 0.188. The molecule has 1 aromatic heterocycles. The lowest BCUT2D eigenvalue weighted by Crippen LogP contribution is -2.43. The molecule has 4 aromatic rings. The fourth-order valence-electron chi connectivity index (χ4n) is 4.77. The van der Waals surface area contributed by atoms with Crippen molar-refractivity contribution in [3.05, 3.63) is 112 Å². The number of amides is 2. The SMILES string of the molecule is O=C(O)COc1ccc(-c2nccc3c2C(=O)N(Cc2cccc(C(F)(F)F)c2)CC(CNC(=O)c2cccc(Cl)c2)O3)cc1. The highest BCUT2D eigenvalue weighted by molar-refractivity contribution is 6.31. The number of nitrogens with zero attached hydrogens (tertiary/aromatic N) is 2. The van der Waals surface area contributed by atoms with E-state index in [1.807, 2.05) is 0 Å². The van der Waals surface area contributed by atoms with Gasteiger partial charge in [0.15, 0.2) is 6.61 Å². The molecule has 0 saturated heterocycles. The van der Waals surface area contributed by atoms with Crippen LogP contribution in [-0.2, 0) is 17.5 Å². The van der Waals surface area contributed by atoms with E-state index in [1.165, 1.54) is 47.5 Å². The minimum atomic E-state index is -4.57. The maximum atomic E-state index is 14.1. The minimum absolute atomic E-state index is 0.0373. The molecule has 232 valence electrons. The van der Waals surface area contributed by atoms with Crippen molar-refractivity contribution in [3.63, 3.8) is 0 Å². The number of rotatable bonds is 9. The molecule has 0 spiro atoms. The Bertz CT molecular complexity index is 1730. The molecule has 2 heterocycles. The number of nitrogens with one attached hydrogen (secondary N) is 1. The molecule has 1 atom stereocenters. The lowest BCUT2D eigenvalue weighted by Gasteiger charge is -2.25. The van der Waals surface area contributed by atoms with E-state index in [0.29, 0.717) is 16.1 Å². The summed E-state index contributed by atoms with van der Waals surface area (Å²) in [6.07, 6.45) is -3.91. The zero-order valence-corrected chi connectivity index (χ0v) is 24.1. The van der Waals surface area contributed by atoms with Crippen LogP contribution in [0.15, 0.2) is 85.1 Å². The summed E-state index contributed by atoms with van der Waals surface area (Å²) in [7, 11) is 0. The molecule has 13 heteroatoms. The van der Waals surface area contributed by atoms with Gasteiger partial charge in [-0.15, -0.1) is 0 Å². The highest BCUT2D eigenvalue weighted by Crippen LogP contribution is 2.35. The van der Waals surface area contributed by atoms with E-state index >= 15 is 0 Å². The lowest BCUT2D eigenvalue weighted by atomic mass is 10.0. The van der Waals surface area contributed by atoms with E-state index < -0.39 is 42.2 Å². The molecular formula is C32H25ClF3N3O6. The molecule has 5 rings (SSSR count). The summed E-state index contributed by atoms with van der Waals surface area (Å²) in [4.78, 5) is 43.5. The van der Waals surface area contributed by atoms with Crippen LogP contribution < -0.4 is 14.8 Å². The predicted octanol–water partition coefficient (Wildman–Crippen LogP) is 5.72. The van der Waals surface area contributed by atoms with Crippen LogP contribution in [0.25, 0.3) is 11.3 Å². The Balaban J connectivity index is 1.47. The number of hydrogen-bond donors (Lipinski definition) is 2. The van der Waals surface area contributed by atoms with Crippen LogP contribution >= 0.6 is 11.6 Å². The van der Waals surface area contributed by atoms with E-state index in [4.69, 9.17) is 26.2 Å². The highest BCUT2D eigenvalue weighted by Gasteiger charge is 2.34. The number of carbonyl (C=O) groups is 3. The molecule has 3 aromatic carbocycles. The number of alkyl halides is 3. The minimum Gasteiger partial charge on any atom is -0.486 e. The summed E-state index contributed by atoms with van der Waals surface area (Å²) in [5, 5.41) is 12.0. The van der Waals surface area contributed by atoms with Crippen molar-refractivity contribution in [1.82, 2.24) is 15.2 Å². The van der Waals surface area contributed by atoms with Crippen LogP contribution in [0, 0.1) is 0 Å². The molecule has 2 amide bonds. The van der Waals surface area contributed by atoms with Gasteiger partial charge in [-0.3, -0.25) is 14.6 Å². The van der Waals surface area contributed by atoms with Crippen molar-refractivity contribution in [2.75, 3.05) is 19.7 Å². The number of halogens is 4. The van der Waals surface area contributed by atoms with E-state index in [1.54, 1.807) is 30.3 Å². The van der Waals surface area contributed by atoms with E-state index in [9.17, 15) is 27.6 Å². The van der Waals surface area contributed by atoms with Gasteiger partial charge in [-0.1, -0.05) is 29.8 Å². The quantitative estimate of drug-likeness (QED) is 0.241. The van der Waals surface area contributed by atoms with Crippen molar-refractivity contribution in [2.45, 2.75) is 18.8 Å². The molecule has 0 fully saturated rings. The van der Waals surface area contributed by atoms with Gasteiger partial charge in [0.1, 0.15) is 23.2 Å². The maximum absolute atomic E-state index is 14.1. The first-order valence-corrected chi connectivity index (χ1v) is 14.0. The summed E-state index contributed by atoms with van der Waals surface area (Å²) in [5.74, 6) is -1.66. The Kier molecular flexibility index (Phi) is 9.24. The van der Waals surface area contributed by atoms with Crippen LogP contribution in [0.4, 0.5) is 13.2 Å².